The molecule has 0 fully saturated rings. The van der Waals surface area contributed by atoms with E-state index in [0.717, 1.165) is 50.8 Å². The van der Waals surface area contributed by atoms with E-state index in [2.05, 4.69) is 49.0 Å². The summed E-state index contributed by atoms with van der Waals surface area (Å²) in [4.78, 5) is 17.1. The number of amides is 1. The summed E-state index contributed by atoms with van der Waals surface area (Å²) < 4.78 is 3.16. The molecule has 8 heteroatoms. The van der Waals surface area contributed by atoms with Gasteiger partial charge in [-0.2, -0.15) is 0 Å². The van der Waals surface area contributed by atoms with Gasteiger partial charge in [0.25, 0.3) is 0 Å². The Bertz CT molecular complexity index is 1210. The summed E-state index contributed by atoms with van der Waals surface area (Å²) in [6.07, 6.45) is 0.995. The smallest absolute Gasteiger partial charge is 0.234 e. The molecule has 2 aromatic carbocycles. The number of fused-ring (bicyclic) bond motifs is 3. The van der Waals surface area contributed by atoms with Crippen molar-refractivity contribution in [1.29, 1.82) is 0 Å². The Morgan fingerprint density at radius 3 is 2.83 bits per heavy atom. The molecule has 0 aliphatic heterocycles. The van der Waals surface area contributed by atoms with Gasteiger partial charge >= 0.3 is 0 Å². The van der Waals surface area contributed by atoms with Gasteiger partial charge in [-0.05, 0) is 43.2 Å². The van der Waals surface area contributed by atoms with Crippen LogP contribution in [0.5, 0.6) is 0 Å². The highest BCUT2D eigenvalue weighted by Crippen LogP contribution is 2.27. The molecular formula is C21H20BrN5OS. The fourth-order valence-corrected chi connectivity index (χ4v) is 4.34. The highest BCUT2D eigenvalue weighted by Gasteiger charge is 2.15. The standard InChI is InChI=1S/C21H20BrN5OS/c1-3-10-27-17-7-5-4-6-15(17)19-20(27)24-21(26-25-19)29-12-18(28)23-16-9-8-14(22)11-13(16)2/h4-9,11H,3,10,12H2,1-2H3,(H,23,28). The van der Waals surface area contributed by atoms with Crippen LogP contribution in [-0.4, -0.2) is 31.4 Å². The first-order valence-electron chi connectivity index (χ1n) is 9.37. The molecule has 4 aromatic rings. The molecule has 29 heavy (non-hydrogen) atoms. The number of rotatable bonds is 6. The second-order valence-corrected chi connectivity index (χ2v) is 8.59. The fraction of sp³-hybridized carbons (Fsp3) is 0.238. The predicted octanol–water partition coefficient (Wildman–Crippen LogP) is 5.19. The van der Waals surface area contributed by atoms with Crippen LogP contribution in [0.2, 0.25) is 0 Å². The van der Waals surface area contributed by atoms with Gasteiger partial charge in [0.15, 0.2) is 5.65 Å². The van der Waals surface area contributed by atoms with E-state index in [1.54, 1.807) is 0 Å². The maximum atomic E-state index is 12.4. The number of para-hydroxylation sites is 1. The minimum Gasteiger partial charge on any atom is -0.325 e. The third kappa shape index (κ3) is 4.13. The Hall–Kier alpha value is -2.45. The highest BCUT2D eigenvalue weighted by atomic mass is 79.9. The second kappa shape index (κ2) is 8.51. The molecule has 148 valence electrons. The van der Waals surface area contributed by atoms with Gasteiger partial charge in [-0.1, -0.05) is 52.8 Å². The molecule has 4 rings (SSSR count). The zero-order valence-electron chi connectivity index (χ0n) is 16.1. The molecule has 2 heterocycles. The lowest BCUT2D eigenvalue weighted by Gasteiger charge is -2.08. The van der Waals surface area contributed by atoms with Crippen LogP contribution in [-0.2, 0) is 11.3 Å². The van der Waals surface area contributed by atoms with Gasteiger partial charge in [-0.15, -0.1) is 10.2 Å². The lowest BCUT2D eigenvalue weighted by atomic mass is 10.2. The van der Waals surface area contributed by atoms with Crippen molar-refractivity contribution in [2.24, 2.45) is 0 Å². The van der Waals surface area contributed by atoms with Gasteiger partial charge < -0.3 is 9.88 Å². The van der Waals surface area contributed by atoms with Crippen LogP contribution in [0.3, 0.4) is 0 Å². The summed E-state index contributed by atoms with van der Waals surface area (Å²) >= 11 is 4.72. The third-order valence-corrected chi connectivity index (χ3v) is 5.93. The minimum absolute atomic E-state index is 0.0989. The van der Waals surface area contributed by atoms with Crippen LogP contribution in [0.4, 0.5) is 5.69 Å². The SMILES string of the molecule is CCCn1c2ccccc2c2nnc(SCC(=O)Nc3ccc(Br)cc3C)nc21. The van der Waals surface area contributed by atoms with Crippen molar-refractivity contribution < 1.29 is 4.79 Å². The van der Waals surface area contributed by atoms with Gasteiger partial charge in [0, 0.05) is 22.1 Å². The number of carbonyl (C=O) groups excluding carboxylic acids is 1. The van der Waals surface area contributed by atoms with Crippen LogP contribution in [0, 0.1) is 6.92 Å². The van der Waals surface area contributed by atoms with Gasteiger partial charge in [0.2, 0.25) is 11.1 Å². The van der Waals surface area contributed by atoms with Crippen molar-refractivity contribution >= 4 is 61.4 Å². The number of nitrogens with one attached hydrogen (secondary N) is 1. The molecule has 0 radical (unpaired) electrons. The number of aryl methyl sites for hydroxylation is 2. The van der Waals surface area contributed by atoms with Crippen molar-refractivity contribution in [2.45, 2.75) is 32.0 Å². The molecule has 6 nitrogen and oxygen atoms in total. The lowest BCUT2D eigenvalue weighted by Crippen LogP contribution is -2.15. The van der Waals surface area contributed by atoms with E-state index < -0.39 is 0 Å². The van der Waals surface area contributed by atoms with E-state index in [9.17, 15) is 4.79 Å². The molecule has 0 saturated carbocycles. The first-order valence-corrected chi connectivity index (χ1v) is 11.1. The highest BCUT2D eigenvalue weighted by molar-refractivity contribution is 9.10. The normalized spacial score (nSPS) is 11.3. The zero-order chi connectivity index (χ0) is 20.4. The topological polar surface area (TPSA) is 72.7 Å². The average molecular weight is 470 g/mol. The van der Waals surface area contributed by atoms with Crippen LogP contribution in [0.25, 0.3) is 22.1 Å². The molecule has 0 aliphatic rings. The quantitative estimate of drug-likeness (QED) is 0.393. The van der Waals surface area contributed by atoms with Crippen molar-refractivity contribution in [3.63, 3.8) is 0 Å². The maximum absolute atomic E-state index is 12.4. The minimum atomic E-state index is -0.0989. The van der Waals surface area contributed by atoms with Crippen LogP contribution < -0.4 is 5.32 Å². The molecule has 1 N–H and O–H groups in total. The van der Waals surface area contributed by atoms with Crippen LogP contribution in [0.15, 0.2) is 52.1 Å². The fourth-order valence-electron chi connectivity index (χ4n) is 3.28. The summed E-state index contributed by atoms with van der Waals surface area (Å²) in [5.74, 6) is 0.120. The van der Waals surface area contributed by atoms with E-state index in [-0.39, 0.29) is 11.7 Å². The third-order valence-electron chi connectivity index (χ3n) is 4.60. The summed E-state index contributed by atoms with van der Waals surface area (Å²) in [5, 5.41) is 13.1. The molecule has 0 bridgehead atoms. The van der Waals surface area contributed by atoms with Crippen molar-refractivity contribution in [1.82, 2.24) is 19.7 Å². The number of aromatic nitrogens is 4. The first kappa shape index (κ1) is 19.8. The van der Waals surface area contributed by atoms with Crippen molar-refractivity contribution in [3.8, 4) is 0 Å². The molecule has 2 aromatic heterocycles. The first-order chi connectivity index (χ1) is 14.1. The van der Waals surface area contributed by atoms with Crippen molar-refractivity contribution in [3.05, 3.63) is 52.5 Å². The Morgan fingerprint density at radius 1 is 1.21 bits per heavy atom. The van der Waals surface area contributed by atoms with E-state index in [1.165, 1.54) is 11.8 Å². The Kier molecular flexibility index (Phi) is 5.82. The molecule has 0 unspecified atom stereocenters. The van der Waals surface area contributed by atoms with Crippen LogP contribution >= 0.6 is 27.7 Å². The van der Waals surface area contributed by atoms with Gasteiger partial charge in [0.1, 0.15) is 5.52 Å². The number of benzene rings is 2. The van der Waals surface area contributed by atoms with Crippen LogP contribution in [0.1, 0.15) is 18.9 Å². The van der Waals surface area contributed by atoms with E-state index in [0.29, 0.717) is 5.16 Å². The van der Waals surface area contributed by atoms with Gasteiger partial charge in [0.05, 0.1) is 11.3 Å². The summed E-state index contributed by atoms with van der Waals surface area (Å²) in [6, 6.07) is 13.9. The number of carbonyl (C=O) groups is 1. The van der Waals surface area contributed by atoms with E-state index in [4.69, 9.17) is 4.98 Å². The largest absolute Gasteiger partial charge is 0.325 e. The molecule has 0 atom stereocenters. The molecule has 0 aliphatic carbocycles. The predicted molar refractivity (Wildman–Crippen MR) is 121 cm³/mol. The number of halogens is 1. The van der Waals surface area contributed by atoms with E-state index >= 15 is 0 Å². The Labute approximate surface area is 181 Å². The van der Waals surface area contributed by atoms with E-state index in [1.807, 2.05) is 43.3 Å². The number of thioether (sulfide) groups is 1. The number of hydrogen-bond acceptors (Lipinski definition) is 5. The zero-order valence-corrected chi connectivity index (χ0v) is 18.5. The number of anilines is 1. The summed E-state index contributed by atoms with van der Waals surface area (Å²) in [7, 11) is 0. The number of hydrogen-bond donors (Lipinski definition) is 1. The molecule has 0 saturated heterocycles. The van der Waals surface area contributed by atoms with Gasteiger partial charge in [-0.3, -0.25) is 4.79 Å². The lowest BCUT2D eigenvalue weighted by molar-refractivity contribution is -0.113. The maximum Gasteiger partial charge on any atom is 0.234 e. The molecular weight excluding hydrogens is 450 g/mol. The Morgan fingerprint density at radius 2 is 2.03 bits per heavy atom. The summed E-state index contributed by atoms with van der Waals surface area (Å²) in [5.41, 5.74) is 4.53. The summed E-state index contributed by atoms with van der Waals surface area (Å²) in [6.45, 7) is 4.95. The Balaban J connectivity index is 1.54. The number of nitrogens with zero attached hydrogens (tertiary/aromatic N) is 4. The molecule has 1 amide bonds. The molecule has 0 spiro atoms. The second-order valence-electron chi connectivity index (χ2n) is 6.73. The van der Waals surface area contributed by atoms with Gasteiger partial charge in [-0.25, -0.2) is 4.98 Å². The van der Waals surface area contributed by atoms with Crippen molar-refractivity contribution in [2.75, 3.05) is 11.1 Å². The monoisotopic (exact) mass is 469 g/mol. The average Bonchev–Trinajstić information content (AvgIpc) is 3.02.